The fourth-order valence-corrected chi connectivity index (χ4v) is 6.67. The molecule has 0 bridgehead atoms. The summed E-state index contributed by atoms with van der Waals surface area (Å²) in [6.07, 6.45) is 0. The highest BCUT2D eigenvalue weighted by Gasteiger charge is 2.70. The van der Waals surface area contributed by atoms with Crippen molar-refractivity contribution in [1.82, 2.24) is 0 Å². The van der Waals surface area contributed by atoms with Gasteiger partial charge >= 0.3 is 7.12 Å². The van der Waals surface area contributed by atoms with E-state index in [2.05, 4.69) is 0 Å². The van der Waals surface area contributed by atoms with E-state index < -0.39 is 40.7 Å². The van der Waals surface area contributed by atoms with Crippen molar-refractivity contribution in [3.8, 4) is 0 Å². The van der Waals surface area contributed by atoms with Crippen molar-refractivity contribution in [2.45, 2.75) is 33.6 Å². The van der Waals surface area contributed by atoms with Gasteiger partial charge in [0.05, 0.1) is 0 Å². The topological polar surface area (TPSA) is 40.5 Å². The monoisotopic (exact) mass is 845 g/mol. The molecule has 1 aromatic rings. The minimum Gasteiger partial charge on any atom is -0.423 e. The summed E-state index contributed by atoms with van der Waals surface area (Å²) in [6, 6.07) is 2.98. The molecule has 0 heterocycles. The Balaban J connectivity index is 3.96. The molecule has 1 rings (SSSR count). The molecule has 2 N–H and O–H groups in total. The number of hydrogen-bond donors (Lipinski definition) is 2. The van der Waals surface area contributed by atoms with E-state index in [9.17, 15) is 10.0 Å². The number of alkyl halides is 18. The fraction of sp³-hybridized carbons (Fsp3) is 0.571. The van der Waals surface area contributed by atoms with Gasteiger partial charge in [0, 0.05) is 0 Å². The van der Waals surface area contributed by atoms with E-state index in [0.717, 1.165) is 18.2 Å². The average Bonchev–Trinajstić information content (AvgIpc) is 2.65. The predicted molar refractivity (Wildman–Crippen MR) is 161 cm³/mol. The maximum atomic E-state index is 9.81. The van der Waals surface area contributed by atoms with Crippen molar-refractivity contribution in [1.29, 1.82) is 0 Å². The van der Waals surface area contributed by atoms with Crippen molar-refractivity contribution in [2.24, 2.45) is 0 Å². The van der Waals surface area contributed by atoms with Crippen molar-refractivity contribution >= 4 is 221 Å². The van der Waals surface area contributed by atoms with Crippen LogP contribution in [0, 0.1) is 0 Å². The molecule has 0 radical (unpaired) electrons. The van der Waals surface area contributed by atoms with Gasteiger partial charge in [0.1, 0.15) is 0 Å². The maximum absolute atomic E-state index is 9.81. The lowest BCUT2D eigenvalue weighted by Crippen LogP contribution is -2.56. The second-order valence-electron chi connectivity index (χ2n) is 6.66. The maximum Gasteiger partial charge on any atom is 0.488 e. The largest absolute Gasteiger partial charge is 0.488 e. The molecule has 35 heavy (non-hydrogen) atoms. The second-order valence-corrected chi connectivity index (χ2v) is 19.2. The van der Waals surface area contributed by atoms with Gasteiger partial charge < -0.3 is 10.0 Å². The summed E-state index contributed by atoms with van der Waals surface area (Å²) in [5.41, 5.74) is -1.14. The number of hydrogen-bond acceptors (Lipinski definition) is 2. The Morgan fingerprint density at radius 1 is 0.429 bits per heavy atom. The minimum absolute atomic E-state index is 0.366. The van der Waals surface area contributed by atoms with Crippen LogP contribution in [0.5, 0.6) is 0 Å². The van der Waals surface area contributed by atoms with E-state index >= 15 is 0 Å². The zero-order valence-electron chi connectivity index (χ0n) is 15.5. The van der Waals surface area contributed by atoms with Crippen molar-refractivity contribution in [3.05, 3.63) is 29.3 Å². The summed E-state index contributed by atoms with van der Waals surface area (Å²) >= 11 is 110. The molecule has 0 aliphatic carbocycles. The zero-order chi connectivity index (χ0) is 28.4. The van der Waals surface area contributed by atoms with E-state index in [1.165, 1.54) is 0 Å². The lowest BCUT2D eigenvalue weighted by Gasteiger charge is -2.45. The first-order chi connectivity index (χ1) is 15.0. The van der Waals surface area contributed by atoms with Gasteiger partial charge in [0.25, 0.3) is 0 Å². The molecule has 1 aromatic carbocycles. The third-order valence-electron chi connectivity index (χ3n) is 4.27. The van der Waals surface area contributed by atoms with Crippen molar-refractivity contribution < 1.29 is 10.0 Å². The Bertz CT molecular complexity index is 864. The van der Waals surface area contributed by atoms with E-state index in [1.54, 1.807) is 0 Å². The second kappa shape index (κ2) is 11.8. The molecule has 0 saturated carbocycles. The van der Waals surface area contributed by atoms with Gasteiger partial charge in [-0.3, -0.25) is 0 Å². The third-order valence-corrected chi connectivity index (χ3v) is 15.2. The molecule has 0 fully saturated rings. The van der Waals surface area contributed by atoms with Gasteiger partial charge in [-0.1, -0.05) is 221 Å². The lowest BCUT2D eigenvalue weighted by molar-refractivity contribution is 0.425. The molecule has 0 aliphatic rings. The Hall–Kier alpha value is 4.42. The van der Waals surface area contributed by atoms with E-state index in [-0.39, 0.29) is 16.6 Å². The normalized spacial score (nSPS) is 15.4. The van der Waals surface area contributed by atoms with Crippen LogP contribution in [-0.2, 0) is 8.67 Å². The standard InChI is InChI=1S/C14H5BCl18O2/c16-7(17,9(20,21)11(24,25)13(28,29)30)4-1-5(3-6(2-4)15(34)35)8(18,19)10(22,23)12(26,27)14(31,32)33/h1-3,34-35H. The highest BCUT2D eigenvalue weighted by molar-refractivity contribution is 6.81. The van der Waals surface area contributed by atoms with Crippen LogP contribution >= 0.6 is 209 Å². The Morgan fingerprint density at radius 3 is 0.886 bits per heavy atom. The van der Waals surface area contributed by atoms with Gasteiger partial charge in [0.15, 0.2) is 17.3 Å². The first-order valence-corrected chi connectivity index (χ1v) is 14.7. The van der Waals surface area contributed by atoms with Gasteiger partial charge in [-0.05, 0) is 22.7 Å². The molecule has 21 heteroatoms. The fourth-order valence-electron chi connectivity index (χ4n) is 2.28. The highest BCUT2D eigenvalue weighted by atomic mass is 35.6. The quantitative estimate of drug-likeness (QED) is 0.212. The van der Waals surface area contributed by atoms with Crippen molar-refractivity contribution in [3.63, 3.8) is 0 Å². The Labute approximate surface area is 290 Å². The van der Waals surface area contributed by atoms with Crippen LogP contribution in [0.1, 0.15) is 11.1 Å². The summed E-state index contributed by atoms with van der Waals surface area (Å²) in [4.78, 5) is 0. The lowest BCUT2D eigenvalue weighted by atomic mass is 9.77. The predicted octanol–water partition coefficient (Wildman–Crippen LogP) is 10.1. The van der Waals surface area contributed by atoms with Crippen LogP contribution < -0.4 is 5.46 Å². The molecule has 0 amide bonds. The van der Waals surface area contributed by atoms with Gasteiger partial charge in [-0.15, -0.1) is 0 Å². The summed E-state index contributed by atoms with van der Waals surface area (Å²) in [5, 5.41) is 19.6. The molecule has 0 atom stereocenters. The van der Waals surface area contributed by atoms with E-state index in [0.29, 0.717) is 0 Å². The molecule has 0 saturated heterocycles. The Morgan fingerprint density at radius 2 is 0.686 bits per heavy atom. The third kappa shape index (κ3) is 6.83. The number of benzene rings is 1. The summed E-state index contributed by atoms with van der Waals surface area (Å²) in [7, 11) is -2.20. The summed E-state index contributed by atoms with van der Waals surface area (Å²) in [6.45, 7) is 0. The molecule has 0 aromatic heterocycles. The van der Waals surface area contributed by atoms with Crippen LogP contribution in [0.2, 0.25) is 0 Å². The first-order valence-electron chi connectivity index (χ1n) is 7.94. The van der Waals surface area contributed by atoms with Crippen LogP contribution in [0.15, 0.2) is 18.2 Å². The van der Waals surface area contributed by atoms with E-state index in [1.807, 2.05) is 0 Å². The van der Waals surface area contributed by atoms with Crippen LogP contribution in [0.4, 0.5) is 0 Å². The molecule has 0 spiro atoms. The van der Waals surface area contributed by atoms with Gasteiger partial charge in [-0.25, -0.2) is 0 Å². The molecule has 0 unspecified atom stereocenters. The zero-order valence-corrected chi connectivity index (χ0v) is 29.1. The van der Waals surface area contributed by atoms with Crippen LogP contribution in [0.25, 0.3) is 0 Å². The van der Waals surface area contributed by atoms with Gasteiger partial charge in [0.2, 0.25) is 16.3 Å². The molecular weight excluding hydrogens is 849 g/mol. The summed E-state index contributed by atoms with van der Waals surface area (Å²) < 4.78 is -21.2. The van der Waals surface area contributed by atoms with Gasteiger partial charge in [-0.2, -0.15) is 0 Å². The molecule has 2 nitrogen and oxygen atoms in total. The minimum atomic E-state index is -2.74. The molecule has 202 valence electrons. The smallest absolute Gasteiger partial charge is 0.423 e. The van der Waals surface area contributed by atoms with E-state index in [4.69, 9.17) is 209 Å². The highest BCUT2D eigenvalue weighted by Crippen LogP contribution is 2.67. The first kappa shape index (κ1) is 37.5. The molecular formula is C14H5BCl18O2. The van der Waals surface area contributed by atoms with Crippen LogP contribution in [0.3, 0.4) is 0 Å². The van der Waals surface area contributed by atoms with Crippen LogP contribution in [-0.4, -0.2) is 42.1 Å². The average molecular weight is 854 g/mol. The van der Waals surface area contributed by atoms with Crippen molar-refractivity contribution in [2.75, 3.05) is 0 Å². The summed E-state index contributed by atoms with van der Waals surface area (Å²) in [5.74, 6) is 0. The molecule has 0 aliphatic heterocycles. The Kier molecular flexibility index (Phi) is 12.7. The SMILES string of the molecule is OB(O)c1cc(C(Cl)(Cl)C(Cl)(Cl)C(Cl)(Cl)C(Cl)(Cl)Cl)cc(C(Cl)(Cl)C(Cl)(Cl)C(Cl)(Cl)C(Cl)(Cl)Cl)c1. The number of rotatable bonds is 7. The number of halogens is 18.